The second-order valence-electron chi connectivity index (χ2n) is 5.06. The van der Waals surface area contributed by atoms with Crippen LogP contribution >= 0.6 is 11.8 Å². The van der Waals surface area contributed by atoms with Crippen molar-refractivity contribution in [2.45, 2.75) is 31.9 Å². The molecule has 1 heterocycles. The van der Waals surface area contributed by atoms with Gasteiger partial charge in [0, 0.05) is 13.6 Å². The summed E-state index contributed by atoms with van der Waals surface area (Å²) in [6.45, 7) is 5.55. The summed E-state index contributed by atoms with van der Waals surface area (Å²) in [5.74, 6) is 1.41. The third-order valence-corrected chi connectivity index (χ3v) is 4.16. The van der Waals surface area contributed by atoms with Gasteiger partial charge in [-0.1, -0.05) is 13.8 Å². The summed E-state index contributed by atoms with van der Waals surface area (Å²) < 4.78 is 0. The number of carbonyl (C=O) groups is 1. The lowest BCUT2D eigenvalue weighted by Crippen LogP contribution is -2.42. The van der Waals surface area contributed by atoms with Crippen LogP contribution < -0.4 is 5.73 Å². The molecule has 1 unspecified atom stereocenters. The van der Waals surface area contributed by atoms with Gasteiger partial charge in [0.1, 0.15) is 0 Å². The van der Waals surface area contributed by atoms with Gasteiger partial charge in [0.05, 0.1) is 5.25 Å². The van der Waals surface area contributed by atoms with Gasteiger partial charge in [-0.25, -0.2) is 0 Å². The van der Waals surface area contributed by atoms with Crippen molar-refractivity contribution in [3.63, 3.8) is 0 Å². The van der Waals surface area contributed by atoms with Gasteiger partial charge in [-0.05, 0) is 30.6 Å². The first-order valence-electron chi connectivity index (χ1n) is 5.53. The molecule has 1 aliphatic heterocycles. The molecule has 4 heteroatoms. The molecule has 1 saturated heterocycles. The molecule has 0 spiro atoms. The van der Waals surface area contributed by atoms with E-state index in [-0.39, 0.29) is 16.6 Å². The largest absolute Gasteiger partial charge is 0.344 e. The van der Waals surface area contributed by atoms with E-state index in [0.29, 0.717) is 6.54 Å². The lowest BCUT2D eigenvalue weighted by molar-refractivity contribution is -0.130. The van der Waals surface area contributed by atoms with E-state index in [2.05, 4.69) is 13.8 Å². The van der Waals surface area contributed by atoms with Gasteiger partial charge >= 0.3 is 0 Å². The Morgan fingerprint density at radius 2 is 2.27 bits per heavy atom. The second-order valence-corrected chi connectivity index (χ2v) is 6.37. The highest BCUT2D eigenvalue weighted by molar-refractivity contribution is 8.00. The first-order chi connectivity index (χ1) is 6.96. The Morgan fingerprint density at radius 3 is 2.73 bits per heavy atom. The van der Waals surface area contributed by atoms with E-state index in [1.807, 2.05) is 11.9 Å². The summed E-state index contributed by atoms with van der Waals surface area (Å²) in [5, 5.41) is 0.198. The number of amides is 1. The van der Waals surface area contributed by atoms with Crippen LogP contribution in [0.3, 0.4) is 0 Å². The monoisotopic (exact) mass is 230 g/mol. The number of rotatable bonds is 4. The van der Waals surface area contributed by atoms with Gasteiger partial charge in [-0.2, -0.15) is 0 Å². The minimum atomic E-state index is 0.0215. The van der Waals surface area contributed by atoms with E-state index in [4.69, 9.17) is 5.73 Å². The number of carbonyl (C=O) groups excluding carboxylic acids is 1. The minimum absolute atomic E-state index is 0.0215. The van der Waals surface area contributed by atoms with E-state index in [9.17, 15) is 4.79 Å². The average molecular weight is 230 g/mol. The molecule has 1 rings (SSSR count). The molecule has 88 valence electrons. The summed E-state index contributed by atoms with van der Waals surface area (Å²) in [5.41, 5.74) is 5.69. The summed E-state index contributed by atoms with van der Waals surface area (Å²) in [4.78, 5) is 13.8. The Kier molecular flexibility index (Phi) is 4.46. The molecule has 1 atom stereocenters. The fraction of sp³-hybridized carbons (Fsp3) is 0.909. The standard InChI is InChI=1S/C11H22N2OS/c1-11(2,7-12)8-13(3)10(14)9-5-4-6-15-9/h9H,4-8,12H2,1-3H3. The Bertz CT molecular complexity index is 225. The summed E-state index contributed by atoms with van der Waals surface area (Å²) in [7, 11) is 1.89. The van der Waals surface area contributed by atoms with Crippen molar-refractivity contribution in [3.8, 4) is 0 Å². The smallest absolute Gasteiger partial charge is 0.235 e. The van der Waals surface area contributed by atoms with Crippen molar-refractivity contribution in [1.29, 1.82) is 0 Å². The lowest BCUT2D eigenvalue weighted by atomic mass is 9.93. The van der Waals surface area contributed by atoms with E-state index in [1.165, 1.54) is 6.42 Å². The van der Waals surface area contributed by atoms with Crippen molar-refractivity contribution >= 4 is 17.7 Å². The fourth-order valence-electron chi connectivity index (χ4n) is 1.80. The molecule has 1 aliphatic rings. The molecule has 0 bridgehead atoms. The first-order valence-corrected chi connectivity index (χ1v) is 6.58. The number of hydrogen-bond acceptors (Lipinski definition) is 3. The van der Waals surface area contributed by atoms with Crippen molar-refractivity contribution in [2.75, 3.05) is 25.9 Å². The molecule has 0 aromatic carbocycles. The highest BCUT2D eigenvalue weighted by Crippen LogP contribution is 2.28. The van der Waals surface area contributed by atoms with Crippen LogP contribution in [0.4, 0.5) is 0 Å². The fourth-order valence-corrected chi connectivity index (χ4v) is 3.08. The molecule has 3 nitrogen and oxygen atoms in total. The van der Waals surface area contributed by atoms with Crippen molar-refractivity contribution < 1.29 is 4.79 Å². The molecule has 15 heavy (non-hydrogen) atoms. The van der Waals surface area contributed by atoms with Gasteiger partial charge in [0.2, 0.25) is 5.91 Å². The Balaban J connectivity index is 2.45. The molecule has 0 aliphatic carbocycles. The van der Waals surface area contributed by atoms with Crippen LogP contribution in [0.15, 0.2) is 0 Å². The van der Waals surface area contributed by atoms with Crippen LogP contribution in [0.1, 0.15) is 26.7 Å². The highest BCUT2D eigenvalue weighted by Gasteiger charge is 2.28. The van der Waals surface area contributed by atoms with Crippen molar-refractivity contribution in [2.24, 2.45) is 11.1 Å². The normalized spacial score (nSPS) is 21.7. The molecule has 1 fully saturated rings. The topological polar surface area (TPSA) is 46.3 Å². The SMILES string of the molecule is CN(CC(C)(C)CN)C(=O)C1CCCS1. The third kappa shape index (κ3) is 3.68. The third-order valence-electron chi connectivity index (χ3n) is 2.80. The van der Waals surface area contributed by atoms with Gasteiger partial charge in [-0.3, -0.25) is 4.79 Å². The lowest BCUT2D eigenvalue weighted by Gasteiger charge is -2.30. The quantitative estimate of drug-likeness (QED) is 0.792. The molecule has 0 aromatic rings. The number of hydrogen-bond donors (Lipinski definition) is 1. The van der Waals surface area contributed by atoms with Crippen LogP contribution in [0.5, 0.6) is 0 Å². The molecule has 2 N–H and O–H groups in total. The zero-order chi connectivity index (χ0) is 11.5. The predicted molar refractivity (Wildman–Crippen MR) is 66.0 cm³/mol. The van der Waals surface area contributed by atoms with E-state index in [0.717, 1.165) is 18.7 Å². The van der Waals surface area contributed by atoms with E-state index in [1.54, 1.807) is 11.8 Å². The average Bonchev–Trinajstić information content (AvgIpc) is 2.68. The summed E-state index contributed by atoms with van der Waals surface area (Å²) >= 11 is 1.79. The number of nitrogens with two attached hydrogens (primary N) is 1. The van der Waals surface area contributed by atoms with Gasteiger partial charge in [0.15, 0.2) is 0 Å². The Hall–Kier alpha value is -0.220. The molecule has 0 saturated carbocycles. The molecular weight excluding hydrogens is 208 g/mol. The van der Waals surface area contributed by atoms with Crippen molar-refractivity contribution in [3.05, 3.63) is 0 Å². The van der Waals surface area contributed by atoms with Gasteiger partial charge < -0.3 is 10.6 Å². The Labute approximate surface area is 96.8 Å². The Morgan fingerprint density at radius 1 is 1.60 bits per heavy atom. The van der Waals surface area contributed by atoms with Crippen LogP contribution in [-0.2, 0) is 4.79 Å². The number of nitrogens with zero attached hydrogens (tertiary/aromatic N) is 1. The summed E-state index contributed by atoms with van der Waals surface area (Å²) in [6.07, 6.45) is 2.21. The molecular formula is C11H22N2OS. The number of thioether (sulfide) groups is 1. The van der Waals surface area contributed by atoms with Crippen LogP contribution in [-0.4, -0.2) is 41.9 Å². The molecule has 0 aromatic heterocycles. The molecule has 0 radical (unpaired) electrons. The van der Waals surface area contributed by atoms with Crippen LogP contribution in [0.2, 0.25) is 0 Å². The van der Waals surface area contributed by atoms with Crippen molar-refractivity contribution in [1.82, 2.24) is 4.90 Å². The maximum atomic E-state index is 12.0. The highest BCUT2D eigenvalue weighted by atomic mass is 32.2. The van der Waals surface area contributed by atoms with E-state index >= 15 is 0 Å². The maximum Gasteiger partial charge on any atom is 0.235 e. The first kappa shape index (κ1) is 12.8. The summed E-state index contributed by atoms with van der Waals surface area (Å²) in [6, 6.07) is 0. The van der Waals surface area contributed by atoms with Crippen LogP contribution in [0.25, 0.3) is 0 Å². The zero-order valence-corrected chi connectivity index (χ0v) is 10.8. The maximum absolute atomic E-state index is 12.0. The zero-order valence-electron chi connectivity index (χ0n) is 9.95. The molecule has 1 amide bonds. The van der Waals surface area contributed by atoms with Gasteiger partial charge in [-0.15, -0.1) is 11.8 Å². The minimum Gasteiger partial charge on any atom is -0.344 e. The predicted octanol–water partition coefficient (Wildman–Crippen LogP) is 1.33. The second kappa shape index (κ2) is 5.21. The van der Waals surface area contributed by atoms with Gasteiger partial charge in [0.25, 0.3) is 0 Å². The van der Waals surface area contributed by atoms with E-state index < -0.39 is 0 Å². The van der Waals surface area contributed by atoms with Crippen LogP contribution in [0, 0.1) is 5.41 Å².